The third-order valence-electron chi connectivity index (χ3n) is 13.1. The molecular formula is C48H66N4O8. The van der Waals surface area contributed by atoms with Gasteiger partial charge in [-0.05, 0) is 59.4 Å². The van der Waals surface area contributed by atoms with Gasteiger partial charge in [0.2, 0.25) is 17.7 Å². The first-order valence-electron chi connectivity index (χ1n) is 21.5. The van der Waals surface area contributed by atoms with Gasteiger partial charge in [-0.2, -0.15) is 0 Å². The molecule has 5 rings (SSSR count). The van der Waals surface area contributed by atoms with Gasteiger partial charge in [0.15, 0.2) is 0 Å². The molecule has 4 amide bonds. The number of rotatable bonds is 19. The smallest absolute Gasteiger partial charge is 0.408 e. The van der Waals surface area contributed by atoms with Crippen LogP contribution in [-0.2, 0) is 23.9 Å². The van der Waals surface area contributed by atoms with Gasteiger partial charge in [-0.25, -0.2) is 4.79 Å². The lowest BCUT2D eigenvalue weighted by Gasteiger charge is -2.42. The number of carbonyl (C=O) groups excluding carboxylic acids is 3. The quantitative estimate of drug-likeness (QED) is 0.118. The molecule has 0 bridgehead atoms. The van der Waals surface area contributed by atoms with E-state index in [1.54, 1.807) is 44.9 Å². The van der Waals surface area contributed by atoms with Crippen molar-refractivity contribution in [3.8, 4) is 11.1 Å². The zero-order valence-corrected chi connectivity index (χ0v) is 36.8. The highest BCUT2D eigenvalue weighted by atomic mass is 16.5. The monoisotopic (exact) mass is 826 g/mol. The Labute approximate surface area is 356 Å². The van der Waals surface area contributed by atoms with Crippen LogP contribution in [0.4, 0.5) is 4.79 Å². The number of nitrogens with one attached hydrogen (secondary N) is 1. The Morgan fingerprint density at radius 1 is 0.867 bits per heavy atom. The van der Waals surface area contributed by atoms with Gasteiger partial charge in [-0.1, -0.05) is 120 Å². The minimum absolute atomic E-state index is 0.0262. The normalized spacial score (nSPS) is 19.0. The van der Waals surface area contributed by atoms with E-state index in [0.717, 1.165) is 28.7 Å². The fourth-order valence-corrected chi connectivity index (χ4v) is 9.63. The summed E-state index contributed by atoms with van der Waals surface area (Å²) in [7, 11) is 4.78. The predicted octanol–water partition coefficient (Wildman–Crippen LogP) is 6.96. The number of methoxy groups -OCH3 is 2. The Morgan fingerprint density at radius 2 is 1.45 bits per heavy atom. The van der Waals surface area contributed by atoms with Crippen molar-refractivity contribution < 1.29 is 38.9 Å². The summed E-state index contributed by atoms with van der Waals surface area (Å²) in [5.74, 6) is -2.15. The number of aliphatic hydroxyl groups is 1. The molecule has 12 nitrogen and oxygen atoms in total. The van der Waals surface area contributed by atoms with Crippen LogP contribution in [0.2, 0.25) is 0 Å². The SMILES string of the molecule is CC[C@H](C)[C@@H]([C@@H](CC(=O)N1CCCC1[C@H](OC)[C@@H](C)C(=O)N[C@H](C)[C@@H](O)c1ccccc1)OC)N(C)C(=O)C(C(C)C)N(CC1c2ccccc2-c2ccccc21)C(=O)O. The molecule has 3 aromatic carbocycles. The number of hydrogen-bond acceptors (Lipinski definition) is 7. The van der Waals surface area contributed by atoms with Crippen LogP contribution in [0, 0.1) is 17.8 Å². The van der Waals surface area contributed by atoms with Gasteiger partial charge in [0.1, 0.15) is 6.04 Å². The molecule has 3 N–H and O–H groups in total. The molecule has 12 heteroatoms. The topological polar surface area (TPSA) is 149 Å². The lowest BCUT2D eigenvalue weighted by atomic mass is 9.89. The molecule has 1 saturated heterocycles. The van der Waals surface area contributed by atoms with E-state index in [2.05, 4.69) is 17.4 Å². The average Bonchev–Trinajstić information content (AvgIpc) is 3.86. The van der Waals surface area contributed by atoms with Gasteiger partial charge in [-0.15, -0.1) is 0 Å². The Bertz CT molecular complexity index is 1880. The van der Waals surface area contributed by atoms with Gasteiger partial charge >= 0.3 is 6.09 Å². The number of carbonyl (C=O) groups is 4. The van der Waals surface area contributed by atoms with Crippen molar-refractivity contribution in [1.82, 2.24) is 20.0 Å². The molecule has 0 spiro atoms. The van der Waals surface area contributed by atoms with Crippen molar-refractivity contribution >= 4 is 23.8 Å². The molecule has 0 radical (unpaired) electrons. The van der Waals surface area contributed by atoms with E-state index in [1.165, 1.54) is 4.90 Å². The van der Waals surface area contributed by atoms with Crippen LogP contribution in [0.1, 0.15) is 95.9 Å². The Morgan fingerprint density at radius 3 is 1.98 bits per heavy atom. The predicted molar refractivity (Wildman–Crippen MR) is 232 cm³/mol. The van der Waals surface area contributed by atoms with Crippen molar-refractivity contribution in [3.63, 3.8) is 0 Å². The molecule has 9 atom stereocenters. The van der Waals surface area contributed by atoms with Crippen LogP contribution < -0.4 is 5.32 Å². The highest BCUT2D eigenvalue weighted by Gasteiger charge is 2.45. The molecule has 1 aliphatic carbocycles. The maximum atomic E-state index is 14.8. The Hall–Kier alpha value is -4.78. The summed E-state index contributed by atoms with van der Waals surface area (Å²) in [4.78, 5) is 60.7. The number of benzene rings is 3. The van der Waals surface area contributed by atoms with Crippen molar-refractivity contribution in [2.75, 3.05) is 34.4 Å². The molecular weight excluding hydrogens is 761 g/mol. The van der Waals surface area contributed by atoms with Crippen LogP contribution in [0.25, 0.3) is 11.1 Å². The Kier molecular flexibility index (Phi) is 15.9. The van der Waals surface area contributed by atoms with Gasteiger partial charge in [0, 0.05) is 40.3 Å². The summed E-state index contributed by atoms with van der Waals surface area (Å²) >= 11 is 0. The van der Waals surface area contributed by atoms with Crippen LogP contribution in [0.5, 0.6) is 0 Å². The number of nitrogens with zero attached hydrogens (tertiary/aromatic N) is 3. The number of hydrogen-bond donors (Lipinski definition) is 3. The third-order valence-corrected chi connectivity index (χ3v) is 13.1. The van der Waals surface area contributed by atoms with Crippen LogP contribution in [0.15, 0.2) is 78.9 Å². The summed E-state index contributed by atoms with van der Waals surface area (Å²) in [5.41, 5.74) is 4.91. The zero-order chi connectivity index (χ0) is 43.8. The van der Waals surface area contributed by atoms with E-state index in [1.807, 2.05) is 94.4 Å². The number of ether oxygens (including phenoxy) is 2. The van der Waals surface area contributed by atoms with Crippen molar-refractivity contribution in [1.29, 1.82) is 0 Å². The number of carboxylic acid groups (broad SMARTS) is 1. The second-order valence-corrected chi connectivity index (χ2v) is 17.1. The average molecular weight is 827 g/mol. The Balaban J connectivity index is 1.33. The van der Waals surface area contributed by atoms with Crippen LogP contribution in [0.3, 0.4) is 0 Å². The maximum absolute atomic E-state index is 14.8. The number of likely N-dealkylation sites (N-methyl/N-ethyl adjacent to an activating group) is 1. The minimum atomic E-state index is -1.17. The third kappa shape index (κ3) is 9.88. The summed E-state index contributed by atoms with van der Waals surface area (Å²) in [6.07, 6.45) is -1.35. The van der Waals surface area contributed by atoms with E-state index in [9.17, 15) is 29.4 Å². The molecule has 3 aromatic rings. The van der Waals surface area contributed by atoms with Gasteiger partial charge in [0.05, 0.1) is 48.8 Å². The van der Waals surface area contributed by atoms with E-state index < -0.39 is 48.4 Å². The number of aliphatic hydroxyl groups excluding tert-OH is 1. The van der Waals surface area contributed by atoms with E-state index in [4.69, 9.17) is 9.47 Å². The molecule has 326 valence electrons. The van der Waals surface area contributed by atoms with Crippen molar-refractivity contribution in [2.24, 2.45) is 17.8 Å². The fraction of sp³-hybridized carbons (Fsp3) is 0.542. The minimum Gasteiger partial charge on any atom is -0.465 e. The van der Waals surface area contributed by atoms with Crippen molar-refractivity contribution in [3.05, 3.63) is 95.6 Å². The molecule has 0 saturated carbocycles. The van der Waals surface area contributed by atoms with Gasteiger partial charge in [-0.3, -0.25) is 19.3 Å². The van der Waals surface area contributed by atoms with Crippen LogP contribution in [-0.4, -0.2) is 119 Å². The molecule has 2 aliphatic rings. The lowest BCUT2D eigenvalue weighted by Crippen LogP contribution is -2.59. The largest absolute Gasteiger partial charge is 0.465 e. The maximum Gasteiger partial charge on any atom is 0.408 e. The van der Waals surface area contributed by atoms with E-state index in [0.29, 0.717) is 24.9 Å². The van der Waals surface area contributed by atoms with E-state index in [-0.39, 0.29) is 54.5 Å². The lowest BCUT2D eigenvalue weighted by molar-refractivity contribution is -0.148. The number of likely N-dealkylation sites (tertiary alicyclic amines) is 1. The van der Waals surface area contributed by atoms with Crippen molar-refractivity contribution in [2.45, 2.75) is 116 Å². The van der Waals surface area contributed by atoms with Gasteiger partial charge in [0.25, 0.3) is 0 Å². The van der Waals surface area contributed by atoms with Gasteiger partial charge < -0.3 is 34.8 Å². The summed E-state index contributed by atoms with van der Waals surface area (Å²) < 4.78 is 12.0. The first-order chi connectivity index (χ1) is 28.7. The second kappa shape index (κ2) is 20.7. The summed E-state index contributed by atoms with van der Waals surface area (Å²) in [6, 6.07) is 22.7. The fourth-order valence-electron chi connectivity index (χ4n) is 9.63. The standard InChI is InChI=1S/C48H66N4O8/c1-10-30(4)43(50(7)47(56)42(29(2)3)52(48(57)58)28-38-36-23-16-14-21-34(36)35-22-15-17-24-37(35)38)40(59-8)27-41(53)51-26-18-25-39(51)45(60-9)31(5)46(55)49-32(6)44(54)33-19-12-11-13-20-33/h11-17,19-24,29-32,38-40,42-45,54H,10,18,25-28H2,1-9H3,(H,49,55)(H,57,58)/t30-,31+,32+,39?,40+,42?,43-,44+,45+/m0/s1. The number of fused-ring (bicyclic) bond motifs is 3. The van der Waals surface area contributed by atoms with E-state index >= 15 is 0 Å². The molecule has 1 aliphatic heterocycles. The first kappa shape index (κ1) is 46.3. The molecule has 1 heterocycles. The summed E-state index contributed by atoms with van der Waals surface area (Å²) in [5, 5.41) is 24.6. The highest BCUT2D eigenvalue weighted by Crippen LogP contribution is 2.45. The summed E-state index contributed by atoms with van der Waals surface area (Å²) in [6.45, 7) is 11.9. The number of amides is 4. The molecule has 2 unspecified atom stereocenters. The first-order valence-corrected chi connectivity index (χ1v) is 21.5. The van der Waals surface area contributed by atoms with Crippen LogP contribution >= 0.6 is 0 Å². The molecule has 1 fully saturated rings. The molecule has 0 aromatic heterocycles. The highest BCUT2D eigenvalue weighted by molar-refractivity contribution is 5.87. The zero-order valence-electron chi connectivity index (χ0n) is 36.8. The molecule has 60 heavy (non-hydrogen) atoms. The second-order valence-electron chi connectivity index (χ2n) is 17.1.